The number of anilines is 1. The first-order valence-corrected chi connectivity index (χ1v) is 10.5. The number of piperidine rings is 1. The number of amides is 2. The van der Waals surface area contributed by atoms with E-state index in [0.29, 0.717) is 5.56 Å². The lowest BCUT2D eigenvalue weighted by molar-refractivity contribution is -0.384. The topological polar surface area (TPSA) is 102 Å². The van der Waals surface area contributed by atoms with E-state index in [9.17, 15) is 19.7 Å². The number of nitro benzene ring substituents is 1. The normalized spacial score (nSPS) is 14.7. The third-order valence-electron chi connectivity index (χ3n) is 4.53. The molecular weight excluding hydrogens is 402 g/mol. The third-order valence-corrected chi connectivity index (χ3v) is 4.53. The molecule has 1 aliphatic rings. The van der Waals surface area contributed by atoms with Crippen LogP contribution in [0.25, 0.3) is 0 Å². The fraction of sp³-hybridized carbons (Fsp3) is 0.636. The zero-order chi connectivity index (χ0) is 23.4. The molecule has 9 heteroatoms. The second kappa shape index (κ2) is 9.53. The average molecular weight is 436 g/mol. The number of nitrogens with zero attached hydrogens (tertiary/aromatic N) is 3. The number of benzene rings is 1. The Kier molecular flexibility index (Phi) is 7.51. The minimum atomic E-state index is -0.863. The summed E-state index contributed by atoms with van der Waals surface area (Å²) in [6.07, 6.45) is 1.42. The molecule has 2 amide bonds. The fourth-order valence-corrected chi connectivity index (χ4v) is 3.26. The molecule has 1 fully saturated rings. The molecule has 1 aliphatic heterocycles. The lowest BCUT2D eigenvalue weighted by Crippen LogP contribution is -2.43. The number of non-ortho nitro benzene ring substituents is 1. The zero-order valence-corrected chi connectivity index (χ0v) is 19.3. The predicted octanol–water partition coefficient (Wildman–Crippen LogP) is 5.26. The van der Waals surface area contributed by atoms with Gasteiger partial charge >= 0.3 is 12.2 Å². The lowest BCUT2D eigenvalue weighted by atomic mass is 10.1. The van der Waals surface area contributed by atoms with Gasteiger partial charge in [0.25, 0.3) is 5.69 Å². The van der Waals surface area contributed by atoms with Gasteiger partial charge in [-0.2, -0.15) is 0 Å². The Morgan fingerprint density at radius 3 is 1.97 bits per heavy atom. The monoisotopic (exact) mass is 435 g/mol. The largest absolute Gasteiger partial charge is 0.443 e. The summed E-state index contributed by atoms with van der Waals surface area (Å²) >= 11 is 0. The number of carbonyl (C=O) groups is 2. The van der Waals surface area contributed by atoms with Gasteiger partial charge in [0.2, 0.25) is 0 Å². The standard InChI is InChI=1S/C22H33N3O6/c1-21(2,3)30-19(26)24(20(27)31-22(4,5)6)15-16-14-17(25(28)29)10-11-18(16)23-12-8-7-9-13-23/h10-11,14H,7-9,12-13,15H2,1-6H3. The molecule has 1 heterocycles. The number of nitro groups is 1. The van der Waals surface area contributed by atoms with Crippen molar-refractivity contribution in [1.82, 2.24) is 4.90 Å². The molecule has 1 saturated heterocycles. The molecule has 0 N–H and O–H groups in total. The third kappa shape index (κ3) is 7.41. The molecule has 0 saturated carbocycles. The van der Waals surface area contributed by atoms with Gasteiger partial charge in [0, 0.05) is 36.5 Å². The Balaban J connectivity index is 2.44. The zero-order valence-electron chi connectivity index (χ0n) is 19.3. The van der Waals surface area contributed by atoms with E-state index in [0.717, 1.165) is 42.9 Å². The highest BCUT2D eigenvalue weighted by atomic mass is 16.6. The maximum Gasteiger partial charge on any atom is 0.420 e. The van der Waals surface area contributed by atoms with E-state index >= 15 is 0 Å². The molecule has 0 atom stereocenters. The summed E-state index contributed by atoms with van der Waals surface area (Å²) in [4.78, 5) is 39.6. The highest BCUT2D eigenvalue weighted by Crippen LogP contribution is 2.30. The molecule has 0 aromatic heterocycles. The van der Waals surface area contributed by atoms with E-state index in [1.807, 2.05) is 0 Å². The molecule has 0 spiro atoms. The Morgan fingerprint density at radius 1 is 1.00 bits per heavy atom. The molecule has 0 unspecified atom stereocenters. The van der Waals surface area contributed by atoms with Crippen LogP contribution in [0.4, 0.5) is 21.0 Å². The lowest BCUT2D eigenvalue weighted by Gasteiger charge is -2.32. The number of ether oxygens (including phenoxy) is 2. The second-order valence-corrected chi connectivity index (χ2v) is 9.66. The van der Waals surface area contributed by atoms with Crippen molar-refractivity contribution < 1.29 is 24.0 Å². The number of carbonyl (C=O) groups excluding carboxylic acids is 2. The van der Waals surface area contributed by atoms with E-state index in [1.165, 1.54) is 12.1 Å². The van der Waals surface area contributed by atoms with Gasteiger partial charge < -0.3 is 14.4 Å². The minimum absolute atomic E-state index is 0.107. The van der Waals surface area contributed by atoms with Crippen LogP contribution < -0.4 is 4.90 Å². The molecular formula is C22H33N3O6. The van der Waals surface area contributed by atoms with Crippen LogP contribution in [-0.2, 0) is 16.0 Å². The Hall–Kier alpha value is -2.84. The summed E-state index contributed by atoms with van der Waals surface area (Å²) in [5.41, 5.74) is -0.495. The van der Waals surface area contributed by atoms with Crippen LogP contribution >= 0.6 is 0 Å². The van der Waals surface area contributed by atoms with E-state index < -0.39 is 28.3 Å². The number of hydrogen-bond acceptors (Lipinski definition) is 7. The molecule has 2 rings (SSSR count). The summed E-state index contributed by atoms with van der Waals surface area (Å²) in [5.74, 6) is 0. The number of imide groups is 1. The van der Waals surface area contributed by atoms with Crippen molar-refractivity contribution in [3.8, 4) is 0 Å². The predicted molar refractivity (Wildman–Crippen MR) is 117 cm³/mol. The van der Waals surface area contributed by atoms with Gasteiger partial charge in [-0.3, -0.25) is 10.1 Å². The van der Waals surface area contributed by atoms with Crippen LogP contribution in [0.3, 0.4) is 0 Å². The first kappa shape index (κ1) is 24.4. The highest BCUT2D eigenvalue weighted by Gasteiger charge is 2.32. The highest BCUT2D eigenvalue weighted by molar-refractivity contribution is 5.88. The van der Waals surface area contributed by atoms with Crippen LogP contribution in [0.2, 0.25) is 0 Å². The van der Waals surface area contributed by atoms with Gasteiger partial charge in [0.05, 0.1) is 11.5 Å². The van der Waals surface area contributed by atoms with Crippen LogP contribution in [-0.4, -0.2) is 46.3 Å². The van der Waals surface area contributed by atoms with E-state index in [-0.39, 0.29) is 12.2 Å². The molecule has 172 valence electrons. The van der Waals surface area contributed by atoms with Crippen LogP contribution in [0.5, 0.6) is 0 Å². The first-order chi connectivity index (χ1) is 14.3. The fourth-order valence-electron chi connectivity index (χ4n) is 3.26. The van der Waals surface area contributed by atoms with Gasteiger partial charge in [0.1, 0.15) is 11.2 Å². The first-order valence-electron chi connectivity index (χ1n) is 10.5. The maximum atomic E-state index is 12.9. The summed E-state index contributed by atoms with van der Waals surface area (Å²) < 4.78 is 10.8. The Morgan fingerprint density at radius 2 is 1.52 bits per heavy atom. The second-order valence-electron chi connectivity index (χ2n) is 9.66. The summed E-state index contributed by atoms with van der Waals surface area (Å²) in [5, 5.41) is 11.4. The Labute approximate surface area is 183 Å². The smallest absolute Gasteiger partial charge is 0.420 e. The van der Waals surface area contributed by atoms with Crippen LogP contribution in [0.15, 0.2) is 18.2 Å². The summed E-state index contributed by atoms with van der Waals surface area (Å²) in [7, 11) is 0. The summed E-state index contributed by atoms with van der Waals surface area (Å²) in [6.45, 7) is 11.6. The molecule has 1 aromatic carbocycles. The molecule has 0 bridgehead atoms. The minimum Gasteiger partial charge on any atom is -0.443 e. The summed E-state index contributed by atoms with van der Waals surface area (Å²) in [6, 6.07) is 4.53. The van der Waals surface area contributed by atoms with Crippen molar-refractivity contribution in [2.45, 2.75) is 78.6 Å². The van der Waals surface area contributed by atoms with Crippen molar-refractivity contribution >= 4 is 23.6 Å². The molecule has 9 nitrogen and oxygen atoms in total. The quantitative estimate of drug-likeness (QED) is 0.469. The van der Waals surface area contributed by atoms with Gasteiger partial charge in [-0.05, 0) is 66.9 Å². The van der Waals surface area contributed by atoms with Gasteiger partial charge in [-0.1, -0.05) is 0 Å². The van der Waals surface area contributed by atoms with Crippen molar-refractivity contribution in [2.75, 3.05) is 18.0 Å². The van der Waals surface area contributed by atoms with Crippen molar-refractivity contribution in [3.05, 3.63) is 33.9 Å². The average Bonchev–Trinajstić information content (AvgIpc) is 2.63. The maximum absolute atomic E-state index is 12.9. The number of hydrogen-bond donors (Lipinski definition) is 0. The van der Waals surface area contributed by atoms with Gasteiger partial charge in [0.15, 0.2) is 0 Å². The van der Waals surface area contributed by atoms with Crippen molar-refractivity contribution in [1.29, 1.82) is 0 Å². The van der Waals surface area contributed by atoms with Gasteiger partial charge in [-0.25, -0.2) is 14.5 Å². The van der Waals surface area contributed by atoms with Crippen LogP contribution in [0, 0.1) is 10.1 Å². The molecule has 31 heavy (non-hydrogen) atoms. The van der Waals surface area contributed by atoms with E-state index in [4.69, 9.17) is 9.47 Å². The SMILES string of the molecule is CC(C)(C)OC(=O)N(Cc1cc([N+](=O)[O-])ccc1N1CCCCC1)C(=O)OC(C)(C)C. The van der Waals surface area contributed by atoms with Crippen LogP contribution in [0.1, 0.15) is 66.4 Å². The van der Waals surface area contributed by atoms with E-state index in [2.05, 4.69) is 4.90 Å². The van der Waals surface area contributed by atoms with Crippen molar-refractivity contribution in [2.24, 2.45) is 0 Å². The Bertz CT molecular complexity index is 792. The van der Waals surface area contributed by atoms with Gasteiger partial charge in [-0.15, -0.1) is 0 Å². The molecule has 1 aromatic rings. The number of rotatable bonds is 4. The van der Waals surface area contributed by atoms with E-state index in [1.54, 1.807) is 47.6 Å². The van der Waals surface area contributed by atoms with Crippen molar-refractivity contribution in [3.63, 3.8) is 0 Å². The molecule has 0 radical (unpaired) electrons. The molecule has 0 aliphatic carbocycles.